The molecule has 26 heavy (non-hydrogen) atoms. The van der Waals surface area contributed by atoms with Gasteiger partial charge < -0.3 is 10.1 Å². The largest absolute Gasteiger partial charge is 0.381 e. The molecule has 0 saturated carbocycles. The van der Waals surface area contributed by atoms with Gasteiger partial charge in [0.1, 0.15) is 5.82 Å². The van der Waals surface area contributed by atoms with Gasteiger partial charge in [0.15, 0.2) is 0 Å². The number of aromatic nitrogens is 1. The van der Waals surface area contributed by atoms with E-state index in [9.17, 15) is 9.18 Å². The van der Waals surface area contributed by atoms with E-state index in [0.29, 0.717) is 24.5 Å². The Morgan fingerprint density at radius 3 is 2.58 bits per heavy atom. The maximum absolute atomic E-state index is 13.2. The van der Waals surface area contributed by atoms with Crippen molar-refractivity contribution >= 4 is 16.8 Å². The van der Waals surface area contributed by atoms with E-state index in [-0.39, 0.29) is 17.8 Å². The highest BCUT2D eigenvalue weighted by Crippen LogP contribution is 2.25. The molecule has 4 nitrogen and oxygen atoms in total. The summed E-state index contributed by atoms with van der Waals surface area (Å²) in [6.45, 7) is 1.34. The van der Waals surface area contributed by atoms with Crippen molar-refractivity contribution < 1.29 is 13.9 Å². The van der Waals surface area contributed by atoms with Crippen LogP contribution in [0.25, 0.3) is 22.2 Å². The van der Waals surface area contributed by atoms with Crippen molar-refractivity contribution in [2.24, 2.45) is 0 Å². The number of carbonyl (C=O) groups excluding carboxylic acids is 1. The fourth-order valence-corrected chi connectivity index (χ4v) is 3.24. The number of fused-ring (bicyclic) bond motifs is 1. The average molecular weight is 350 g/mol. The van der Waals surface area contributed by atoms with Crippen LogP contribution in [0, 0.1) is 5.82 Å². The lowest BCUT2D eigenvalue weighted by molar-refractivity contribution is 0.0697. The number of hydrogen-bond donors (Lipinski definition) is 1. The summed E-state index contributed by atoms with van der Waals surface area (Å²) in [7, 11) is 0. The number of carbonyl (C=O) groups is 1. The molecule has 0 spiro atoms. The van der Waals surface area contributed by atoms with Crippen LogP contribution in [0.1, 0.15) is 23.2 Å². The third-order valence-electron chi connectivity index (χ3n) is 4.66. The second kappa shape index (κ2) is 7.22. The van der Waals surface area contributed by atoms with Gasteiger partial charge >= 0.3 is 0 Å². The van der Waals surface area contributed by atoms with Gasteiger partial charge in [-0.15, -0.1) is 0 Å². The molecule has 2 heterocycles. The van der Waals surface area contributed by atoms with Crippen LogP contribution >= 0.6 is 0 Å². The lowest BCUT2D eigenvalue weighted by Gasteiger charge is -2.23. The van der Waals surface area contributed by atoms with E-state index in [4.69, 9.17) is 4.74 Å². The van der Waals surface area contributed by atoms with Crippen molar-refractivity contribution in [3.63, 3.8) is 0 Å². The molecule has 1 aromatic heterocycles. The summed E-state index contributed by atoms with van der Waals surface area (Å²) >= 11 is 0. The summed E-state index contributed by atoms with van der Waals surface area (Å²) in [5.41, 5.74) is 2.76. The predicted molar refractivity (Wildman–Crippen MR) is 98.4 cm³/mol. The van der Waals surface area contributed by atoms with Crippen LogP contribution in [0.3, 0.4) is 0 Å². The van der Waals surface area contributed by atoms with Crippen LogP contribution in [0.4, 0.5) is 4.39 Å². The first-order chi connectivity index (χ1) is 12.7. The standard InChI is InChI=1S/C21H19FN2O2/c22-15-7-5-14(6-8-15)20-13-18(17-3-1-2-4-19(17)24-20)21(25)23-16-9-11-26-12-10-16/h1-8,13,16H,9-12H2,(H,23,25). The number of pyridine rings is 1. The number of para-hydroxylation sites is 1. The molecule has 1 fully saturated rings. The summed E-state index contributed by atoms with van der Waals surface area (Å²) < 4.78 is 18.6. The van der Waals surface area contributed by atoms with Crippen LogP contribution in [0.15, 0.2) is 54.6 Å². The van der Waals surface area contributed by atoms with Crippen LogP contribution in [0.5, 0.6) is 0 Å². The molecule has 2 aromatic carbocycles. The first-order valence-corrected chi connectivity index (χ1v) is 8.75. The third kappa shape index (κ3) is 3.44. The van der Waals surface area contributed by atoms with Crippen LogP contribution in [-0.4, -0.2) is 30.1 Å². The van der Waals surface area contributed by atoms with Crippen molar-refractivity contribution in [3.8, 4) is 11.3 Å². The number of rotatable bonds is 3. The van der Waals surface area contributed by atoms with Crippen molar-refractivity contribution in [2.75, 3.05) is 13.2 Å². The van der Waals surface area contributed by atoms with Gasteiger partial charge in [-0.1, -0.05) is 18.2 Å². The SMILES string of the molecule is O=C(NC1CCOCC1)c1cc(-c2ccc(F)cc2)nc2ccccc12. The minimum atomic E-state index is -0.299. The molecule has 0 aliphatic carbocycles. The lowest BCUT2D eigenvalue weighted by Crippen LogP contribution is -2.39. The molecule has 132 valence electrons. The molecule has 1 amide bonds. The first-order valence-electron chi connectivity index (χ1n) is 8.75. The van der Waals surface area contributed by atoms with E-state index < -0.39 is 0 Å². The highest BCUT2D eigenvalue weighted by molar-refractivity contribution is 6.07. The van der Waals surface area contributed by atoms with E-state index in [2.05, 4.69) is 10.3 Å². The molecule has 1 saturated heterocycles. The number of nitrogens with one attached hydrogen (secondary N) is 1. The number of amides is 1. The third-order valence-corrected chi connectivity index (χ3v) is 4.66. The first kappa shape index (κ1) is 16.7. The van der Waals surface area contributed by atoms with Crippen molar-refractivity contribution in [1.82, 2.24) is 10.3 Å². The summed E-state index contributed by atoms with van der Waals surface area (Å²) in [6.07, 6.45) is 1.64. The molecule has 1 aliphatic heterocycles. The van der Waals surface area contributed by atoms with Crippen molar-refractivity contribution in [2.45, 2.75) is 18.9 Å². The van der Waals surface area contributed by atoms with Crippen LogP contribution < -0.4 is 5.32 Å². The number of hydrogen-bond acceptors (Lipinski definition) is 3. The second-order valence-corrected chi connectivity index (χ2v) is 6.44. The van der Waals surface area contributed by atoms with Gasteiger partial charge in [-0.3, -0.25) is 4.79 Å². The molecule has 0 radical (unpaired) electrons. The van der Waals surface area contributed by atoms with Crippen molar-refractivity contribution in [1.29, 1.82) is 0 Å². The monoisotopic (exact) mass is 350 g/mol. The van der Waals surface area contributed by atoms with E-state index in [1.165, 1.54) is 12.1 Å². The molecule has 0 atom stereocenters. The number of halogens is 1. The fraction of sp³-hybridized carbons (Fsp3) is 0.238. The van der Waals surface area contributed by atoms with Crippen LogP contribution in [0.2, 0.25) is 0 Å². The molecular formula is C21H19FN2O2. The molecule has 5 heteroatoms. The second-order valence-electron chi connectivity index (χ2n) is 6.44. The Labute approximate surface area is 151 Å². The zero-order valence-corrected chi connectivity index (χ0v) is 14.2. The molecule has 0 bridgehead atoms. The van der Waals surface area contributed by atoms with Gasteiger partial charge in [0, 0.05) is 30.2 Å². The van der Waals surface area contributed by atoms with Gasteiger partial charge in [0.05, 0.1) is 16.8 Å². The minimum Gasteiger partial charge on any atom is -0.381 e. The predicted octanol–water partition coefficient (Wildman–Crippen LogP) is 3.95. The van der Waals surface area contributed by atoms with Gasteiger partial charge in [-0.2, -0.15) is 0 Å². The summed E-state index contributed by atoms with van der Waals surface area (Å²) in [5, 5.41) is 3.92. The average Bonchev–Trinajstić information content (AvgIpc) is 2.68. The van der Waals surface area contributed by atoms with E-state index >= 15 is 0 Å². The Hall–Kier alpha value is -2.79. The molecule has 1 aliphatic rings. The zero-order valence-electron chi connectivity index (χ0n) is 14.2. The summed E-state index contributed by atoms with van der Waals surface area (Å²) in [6, 6.07) is 15.6. The topological polar surface area (TPSA) is 51.2 Å². The normalized spacial score (nSPS) is 15.1. The lowest BCUT2D eigenvalue weighted by atomic mass is 10.0. The highest BCUT2D eigenvalue weighted by atomic mass is 19.1. The zero-order chi connectivity index (χ0) is 17.9. The molecule has 4 rings (SSSR count). The van der Waals surface area contributed by atoms with E-state index in [1.807, 2.05) is 24.3 Å². The summed E-state index contributed by atoms with van der Waals surface area (Å²) in [4.78, 5) is 17.6. The Kier molecular flexibility index (Phi) is 4.63. The van der Waals surface area contributed by atoms with Crippen LogP contribution in [-0.2, 0) is 4.74 Å². The summed E-state index contributed by atoms with van der Waals surface area (Å²) in [5.74, 6) is -0.411. The van der Waals surface area contributed by atoms with Gasteiger partial charge in [0.25, 0.3) is 5.91 Å². The Bertz CT molecular complexity index is 934. The van der Waals surface area contributed by atoms with Gasteiger partial charge in [0.2, 0.25) is 0 Å². The Balaban J connectivity index is 1.74. The maximum atomic E-state index is 13.2. The van der Waals surface area contributed by atoms with Gasteiger partial charge in [-0.05, 0) is 49.2 Å². The highest BCUT2D eigenvalue weighted by Gasteiger charge is 2.19. The number of nitrogens with zero attached hydrogens (tertiary/aromatic N) is 1. The smallest absolute Gasteiger partial charge is 0.252 e. The number of ether oxygens (including phenoxy) is 1. The minimum absolute atomic E-state index is 0.112. The Morgan fingerprint density at radius 2 is 1.81 bits per heavy atom. The molecular weight excluding hydrogens is 331 g/mol. The van der Waals surface area contributed by atoms with Crippen molar-refractivity contribution in [3.05, 3.63) is 66.0 Å². The molecule has 3 aromatic rings. The number of benzene rings is 2. The maximum Gasteiger partial charge on any atom is 0.252 e. The fourth-order valence-electron chi connectivity index (χ4n) is 3.24. The van der Waals surface area contributed by atoms with E-state index in [0.717, 1.165) is 29.3 Å². The Morgan fingerprint density at radius 1 is 1.08 bits per heavy atom. The van der Waals surface area contributed by atoms with Gasteiger partial charge in [-0.25, -0.2) is 9.37 Å². The quantitative estimate of drug-likeness (QED) is 0.778. The molecule has 1 N–H and O–H groups in total. The molecule has 0 unspecified atom stereocenters. The van der Waals surface area contributed by atoms with E-state index in [1.54, 1.807) is 18.2 Å².